The van der Waals surface area contributed by atoms with Gasteiger partial charge in [-0.1, -0.05) is 37.3 Å². The molecule has 1 fully saturated rings. The van der Waals surface area contributed by atoms with Crippen LogP contribution in [0.4, 0.5) is 0 Å². The molecule has 1 unspecified atom stereocenters. The van der Waals surface area contributed by atoms with E-state index in [1.54, 1.807) is 23.5 Å². The van der Waals surface area contributed by atoms with Gasteiger partial charge in [0.25, 0.3) is 5.91 Å². The van der Waals surface area contributed by atoms with E-state index in [9.17, 15) is 13.2 Å². The summed E-state index contributed by atoms with van der Waals surface area (Å²) in [7, 11) is -1.81. The van der Waals surface area contributed by atoms with Crippen LogP contribution in [0.3, 0.4) is 0 Å². The molecule has 0 aliphatic carbocycles. The highest BCUT2D eigenvalue weighted by Gasteiger charge is 2.31. The minimum absolute atomic E-state index is 0.209. The van der Waals surface area contributed by atoms with Crippen LogP contribution in [0.1, 0.15) is 58.7 Å². The number of sulfonamides is 1. The summed E-state index contributed by atoms with van der Waals surface area (Å²) in [6.45, 7) is 6.81. The number of carbonyl (C=O) groups excluding carboxylic acids is 1. The Bertz CT molecular complexity index is 1280. The minimum atomic E-state index is -3.69. The van der Waals surface area contributed by atoms with E-state index in [0.29, 0.717) is 36.0 Å². The Morgan fingerprint density at radius 2 is 1.79 bits per heavy atom. The van der Waals surface area contributed by atoms with Crippen LogP contribution in [-0.4, -0.2) is 41.3 Å². The van der Waals surface area contributed by atoms with Gasteiger partial charge in [0.05, 0.1) is 4.90 Å². The van der Waals surface area contributed by atoms with Crippen molar-refractivity contribution in [2.45, 2.75) is 44.6 Å². The van der Waals surface area contributed by atoms with Gasteiger partial charge in [-0.05, 0) is 61.4 Å². The van der Waals surface area contributed by atoms with Crippen LogP contribution in [0.25, 0.3) is 0 Å². The molecule has 7 nitrogen and oxygen atoms in total. The fourth-order valence-corrected chi connectivity index (χ4v) is 6.20. The van der Waals surface area contributed by atoms with Gasteiger partial charge in [0.1, 0.15) is 11.9 Å². The first-order valence-corrected chi connectivity index (χ1v) is 13.1. The summed E-state index contributed by atoms with van der Waals surface area (Å²) in [4.78, 5) is 18.1. The highest BCUT2D eigenvalue weighted by atomic mass is 32.2. The number of hydrogen-bond donors (Lipinski definition) is 1. The first kappa shape index (κ1) is 24.2. The van der Waals surface area contributed by atoms with E-state index in [1.807, 2.05) is 55.1 Å². The summed E-state index contributed by atoms with van der Waals surface area (Å²) < 4.78 is 30.4. The molecule has 34 heavy (non-hydrogen) atoms. The third-order valence-corrected chi connectivity index (χ3v) is 8.79. The molecule has 2 aromatic carbocycles. The molecule has 0 saturated carbocycles. The Kier molecular flexibility index (Phi) is 6.91. The van der Waals surface area contributed by atoms with Crippen molar-refractivity contribution in [2.75, 3.05) is 13.1 Å². The molecule has 1 N–H and O–H groups in total. The van der Waals surface area contributed by atoms with Crippen LogP contribution in [-0.2, 0) is 17.1 Å². The molecule has 1 saturated heterocycles. The maximum atomic E-state index is 13.5. The summed E-state index contributed by atoms with van der Waals surface area (Å²) in [5, 5.41) is 3.07. The molecule has 1 aliphatic heterocycles. The number of carbonyl (C=O) groups is 1. The highest BCUT2D eigenvalue weighted by molar-refractivity contribution is 7.89. The average Bonchev–Trinajstić information content (AvgIpc) is 3.25. The van der Waals surface area contributed by atoms with Crippen molar-refractivity contribution in [3.63, 3.8) is 0 Å². The zero-order valence-electron chi connectivity index (χ0n) is 20.2. The lowest BCUT2D eigenvalue weighted by molar-refractivity contribution is 0.0941. The topological polar surface area (TPSA) is 84.3 Å². The largest absolute Gasteiger partial charge is 0.338 e. The number of aromatic nitrogens is 2. The molecule has 8 heteroatoms. The minimum Gasteiger partial charge on any atom is -0.338 e. The molecule has 2 heterocycles. The number of nitrogens with zero attached hydrogens (tertiary/aromatic N) is 3. The smallest absolute Gasteiger partial charge is 0.252 e. The Labute approximate surface area is 201 Å². The first-order chi connectivity index (χ1) is 16.2. The second-order valence-corrected chi connectivity index (χ2v) is 11.1. The SMILES string of the molecule is Cc1cc(C(=O)NC(c2ccccc2)c2nccn2C)cc(S(=O)(=O)N2CCC(C)CC2)c1C. The normalized spacial score (nSPS) is 16.4. The van der Waals surface area contributed by atoms with E-state index >= 15 is 0 Å². The Balaban J connectivity index is 1.68. The Morgan fingerprint density at radius 3 is 2.41 bits per heavy atom. The quantitative estimate of drug-likeness (QED) is 0.578. The van der Waals surface area contributed by atoms with E-state index in [2.05, 4.69) is 17.2 Å². The maximum Gasteiger partial charge on any atom is 0.252 e. The van der Waals surface area contributed by atoms with E-state index in [1.165, 1.54) is 6.07 Å². The predicted octanol–water partition coefficient (Wildman–Crippen LogP) is 3.98. The molecule has 180 valence electrons. The van der Waals surface area contributed by atoms with Crippen molar-refractivity contribution in [3.8, 4) is 0 Å². The summed E-state index contributed by atoms with van der Waals surface area (Å²) in [6.07, 6.45) is 5.22. The second-order valence-electron chi connectivity index (χ2n) is 9.22. The third-order valence-electron chi connectivity index (χ3n) is 6.77. The molecule has 4 rings (SSSR count). The second kappa shape index (κ2) is 9.72. The number of hydrogen-bond acceptors (Lipinski definition) is 4. The van der Waals surface area contributed by atoms with E-state index in [-0.39, 0.29) is 10.8 Å². The lowest BCUT2D eigenvalue weighted by Crippen LogP contribution is -2.38. The van der Waals surface area contributed by atoms with Crippen molar-refractivity contribution < 1.29 is 13.2 Å². The molecule has 0 radical (unpaired) electrons. The van der Waals surface area contributed by atoms with Crippen LogP contribution in [0.2, 0.25) is 0 Å². The standard InChI is InChI=1S/C26H32N4O3S/c1-18-10-13-30(14-11-18)34(32,33)23-17-22(16-19(2)20(23)3)26(31)28-24(21-8-6-5-7-9-21)25-27-12-15-29(25)4/h5-9,12,15-18,24H,10-11,13-14H2,1-4H3,(H,28,31). The molecular weight excluding hydrogens is 448 g/mol. The number of amides is 1. The summed E-state index contributed by atoms with van der Waals surface area (Å²) >= 11 is 0. The van der Waals surface area contributed by atoms with Gasteiger partial charge in [0.2, 0.25) is 10.0 Å². The van der Waals surface area contributed by atoms with Gasteiger partial charge >= 0.3 is 0 Å². The molecule has 1 aliphatic rings. The lowest BCUT2D eigenvalue weighted by atomic mass is 10.0. The van der Waals surface area contributed by atoms with Gasteiger partial charge in [-0.15, -0.1) is 0 Å². The molecule has 1 aromatic heterocycles. The summed E-state index contributed by atoms with van der Waals surface area (Å²) in [5.74, 6) is 0.870. The Morgan fingerprint density at radius 1 is 1.12 bits per heavy atom. The van der Waals surface area contributed by atoms with Crippen molar-refractivity contribution >= 4 is 15.9 Å². The van der Waals surface area contributed by atoms with Gasteiger partial charge in [-0.3, -0.25) is 4.79 Å². The van der Waals surface area contributed by atoms with Crippen molar-refractivity contribution in [2.24, 2.45) is 13.0 Å². The monoisotopic (exact) mass is 480 g/mol. The molecule has 0 bridgehead atoms. The van der Waals surface area contributed by atoms with Gasteiger partial charge in [-0.25, -0.2) is 13.4 Å². The van der Waals surface area contributed by atoms with Crippen molar-refractivity contribution in [1.29, 1.82) is 0 Å². The van der Waals surface area contributed by atoms with Gasteiger partial charge in [0.15, 0.2) is 0 Å². The summed E-state index contributed by atoms with van der Waals surface area (Å²) in [6, 6.07) is 12.4. The predicted molar refractivity (Wildman–Crippen MR) is 132 cm³/mol. The van der Waals surface area contributed by atoms with E-state index < -0.39 is 16.1 Å². The average molecular weight is 481 g/mol. The molecule has 3 aromatic rings. The van der Waals surface area contributed by atoms with Gasteiger partial charge < -0.3 is 9.88 Å². The number of imidazole rings is 1. The first-order valence-electron chi connectivity index (χ1n) is 11.6. The Hall–Kier alpha value is -2.97. The number of rotatable bonds is 6. The fraction of sp³-hybridized carbons (Fsp3) is 0.385. The molecule has 1 amide bonds. The van der Waals surface area contributed by atoms with Gasteiger partial charge in [0, 0.05) is 38.1 Å². The van der Waals surface area contributed by atoms with Crippen molar-refractivity contribution in [3.05, 3.63) is 82.9 Å². The number of benzene rings is 2. The van der Waals surface area contributed by atoms with Crippen LogP contribution in [0.15, 0.2) is 59.8 Å². The highest BCUT2D eigenvalue weighted by Crippen LogP contribution is 2.29. The molecule has 0 spiro atoms. The van der Waals surface area contributed by atoms with Crippen LogP contribution < -0.4 is 5.32 Å². The third kappa shape index (κ3) is 4.79. The number of nitrogens with one attached hydrogen (secondary N) is 1. The fourth-order valence-electron chi connectivity index (χ4n) is 4.40. The van der Waals surface area contributed by atoms with Crippen LogP contribution in [0, 0.1) is 19.8 Å². The zero-order valence-corrected chi connectivity index (χ0v) is 21.0. The molecular formula is C26H32N4O3S. The summed E-state index contributed by atoms with van der Waals surface area (Å²) in [5.41, 5.74) is 2.66. The van der Waals surface area contributed by atoms with E-state index in [0.717, 1.165) is 24.0 Å². The number of aryl methyl sites for hydroxylation is 2. The van der Waals surface area contributed by atoms with Gasteiger partial charge in [-0.2, -0.15) is 4.31 Å². The zero-order chi connectivity index (χ0) is 24.5. The lowest BCUT2D eigenvalue weighted by Gasteiger charge is -2.30. The van der Waals surface area contributed by atoms with Crippen molar-refractivity contribution in [1.82, 2.24) is 19.2 Å². The maximum absolute atomic E-state index is 13.5. The number of piperidine rings is 1. The van der Waals surface area contributed by atoms with Crippen LogP contribution >= 0.6 is 0 Å². The molecule has 1 atom stereocenters. The van der Waals surface area contributed by atoms with E-state index in [4.69, 9.17) is 0 Å². The van der Waals surface area contributed by atoms with Crippen LogP contribution in [0.5, 0.6) is 0 Å².